The predicted octanol–water partition coefficient (Wildman–Crippen LogP) is 1.35. The van der Waals surface area contributed by atoms with Crippen LogP contribution >= 0.6 is 0 Å². The first-order valence-electron chi connectivity index (χ1n) is 4.00. The fourth-order valence-corrected chi connectivity index (χ4v) is 1.09. The van der Waals surface area contributed by atoms with E-state index in [0.717, 1.165) is 6.42 Å². The number of hydroxylamine groups is 1. The van der Waals surface area contributed by atoms with E-state index in [1.165, 1.54) is 0 Å². The molecule has 0 aliphatic heterocycles. The number of carbonyl (C=O) groups excluding carboxylic acids is 1. The average Bonchev–Trinajstić information content (AvgIpc) is 1.88. The summed E-state index contributed by atoms with van der Waals surface area (Å²) in [5.74, 6) is 0.202. The van der Waals surface area contributed by atoms with Crippen LogP contribution in [0.5, 0.6) is 0 Å². The molecule has 0 rings (SSSR count). The van der Waals surface area contributed by atoms with Crippen molar-refractivity contribution in [2.24, 2.45) is 11.8 Å². The lowest BCUT2D eigenvalue weighted by molar-refractivity contribution is -0.156. The van der Waals surface area contributed by atoms with Crippen molar-refractivity contribution in [3.8, 4) is 0 Å². The third-order valence-electron chi connectivity index (χ3n) is 1.75. The first-order valence-corrected chi connectivity index (χ1v) is 4.00. The Kier molecular flexibility index (Phi) is 4.86. The maximum absolute atomic E-state index is 11.1. The second-order valence-electron chi connectivity index (χ2n) is 2.88. The molecule has 66 valence electrons. The van der Waals surface area contributed by atoms with Gasteiger partial charge in [0.1, 0.15) is 0 Å². The van der Waals surface area contributed by atoms with Gasteiger partial charge in [-0.3, -0.25) is 4.79 Å². The van der Waals surface area contributed by atoms with Gasteiger partial charge in [-0.05, 0) is 12.3 Å². The fraction of sp³-hybridized carbons (Fsp3) is 0.875. The summed E-state index contributed by atoms with van der Waals surface area (Å²) in [6, 6.07) is 0. The SMILES string of the molecule is CCC(C(=O)ONC)C(C)C. The van der Waals surface area contributed by atoms with Gasteiger partial charge in [0.2, 0.25) is 0 Å². The van der Waals surface area contributed by atoms with Crippen LogP contribution in [-0.2, 0) is 9.63 Å². The lowest BCUT2D eigenvalue weighted by Gasteiger charge is -2.15. The maximum atomic E-state index is 11.1. The number of hydrogen-bond acceptors (Lipinski definition) is 3. The van der Waals surface area contributed by atoms with Crippen LogP contribution in [0.15, 0.2) is 0 Å². The van der Waals surface area contributed by atoms with E-state index >= 15 is 0 Å². The van der Waals surface area contributed by atoms with Crippen molar-refractivity contribution >= 4 is 5.97 Å². The molecule has 0 aromatic rings. The Bertz CT molecular complexity index is 123. The molecular weight excluding hydrogens is 142 g/mol. The molecule has 0 aromatic heterocycles. The lowest BCUT2D eigenvalue weighted by Crippen LogP contribution is -2.26. The molecular formula is C8H17NO2. The molecule has 0 amide bonds. The van der Waals surface area contributed by atoms with Gasteiger partial charge < -0.3 is 4.84 Å². The average molecular weight is 159 g/mol. The largest absolute Gasteiger partial charge is 0.371 e. The molecule has 1 N–H and O–H groups in total. The number of carbonyl (C=O) groups is 1. The van der Waals surface area contributed by atoms with Crippen LogP contribution in [0.4, 0.5) is 0 Å². The lowest BCUT2D eigenvalue weighted by atomic mass is 9.94. The van der Waals surface area contributed by atoms with E-state index in [9.17, 15) is 4.79 Å². The van der Waals surface area contributed by atoms with Crippen LogP contribution in [0.25, 0.3) is 0 Å². The Labute approximate surface area is 68.1 Å². The zero-order valence-electron chi connectivity index (χ0n) is 7.68. The molecule has 0 saturated heterocycles. The topological polar surface area (TPSA) is 38.3 Å². The van der Waals surface area contributed by atoms with Gasteiger partial charge in [0, 0.05) is 7.05 Å². The molecule has 0 aliphatic carbocycles. The third-order valence-corrected chi connectivity index (χ3v) is 1.75. The molecule has 1 unspecified atom stereocenters. The third kappa shape index (κ3) is 3.37. The van der Waals surface area contributed by atoms with Crippen LogP contribution in [0, 0.1) is 11.8 Å². The predicted molar refractivity (Wildman–Crippen MR) is 43.8 cm³/mol. The maximum Gasteiger partial charge on any atom is 0.328 e. The van der Waals surface area contributed by atoms with Gasteiger partial charge in [0.25, 0.3) is 0 Å². The normalized spacial score (nSPS) is 13.2. The van der Waals surface area contributed by atoms with Gasteiger partial charge >= 0.3 is 5.97 Å². The minimum atomic E-state index is -0.162. The quantitative estimate of drug-likeness (QED) is 0.629. The first kappa shape index (κ1) is 10.4. The summed E-state index contributed by atoms with van der Waals surface area (Å²) < 4.78 is 0. The highest BCUT2D eigenvalue weighted by molar-refractivity contribution is 5.72. The van der Waals surface area contributed by atoms with E-state index in [2.05, 4.69) is 10.3 Å². The van der Waals surface area contributed by atoms with Gasteiger partial charge in [-0.1, -0.05) is 20.8 Å². The van der Waals surface area contributed by atoms with Crippen molar-refractivity contribution in [2.45, 2.75) is 27.2 Å². The van der Waals surface area contributed by atoms with Crippen LogP contribution < -0.4 is 5.48 Å². The summed E-state index contributed by atoms with van der Waals surface area (Å²) in [5, 5.41) is 0. The van der Waals surface area contributed by atoms with Crippen molar-refractivity contribution in [1.82, 2.24) is 5.48 Å². The minimum absolute atomic E-state index is 0.0162. The van der Waals surface area contributed by atoms with Gasteiger partial charge in [-0.15, -0.1) is 0 Å². The van der Waals surface area contributed by atoms with E-state index in [1.54, 1.807) is 7.05 Å². The Morgan fingerprint density at radius 1 is 1.55 bits per heavy atom. The summed E-state index contributed by atoms with van der Waals surface area (Å²) in [6.07, 6.45) is 0.832. The molecule has 3 heteroatoms. The number of nitrogens with one attached hydrogen (secondary N) is 1. The molecule has 11 heavy (non-hydrogen) atoms. The Balaban J connectivity index is 3.92. The Hall–Kier alpha value is -0.570. The van der Waals surface area contributed by atoms with E-state index in [0.29, 0.717) is 5.92 Å². The monoisotopic (exact) mass is 159 g/mol. The summed E-state index contributed by atoms with van der Waals surface area (Å²) in [6.45, 7) is 6.03. The van der Waals surface area contributed by atoms with E-state index in [-0.39, 0.29) is 11.9 Å². The molecule has 0 bridgehead atoms. The van der Waals surface area contributed by atoms with Crippen molar-refractivity contribution in [3.05, 3.63) is 0 Å². The smallest absolute Gasteiger partial charge is 0.328 e. The Morgan fingerprint density at radius 2 is 2.09 bits per heavy atom. The van der Waals surface area contributed by atoms with Gasteiger partial charge in [0.05, 0.1) is 5.92 Å². The molecule has 0 aliphatic rings. The standard InChI is InChI=1S/C8H17NO2/c1-5-7(6(2)3)8(10)11-9-4/h6-7,9H,5H2,1-4H3. The second-order valence-corrected chi connectivity index (χ2v) is 2.88. The van der Waals surface area contributed by atoms with Crippen molar-refractivity contribution in [2.75, 3.05) is 7.05 Å². The second kappa shape index (κ2) is 5.13. The molecule has 1 atom stereocenters. The molecule has 3 nitrogen and oxygen atoms in total. The minimum Gasteiger partial charge on any atom is -0.371 e. The summed E-state index contributed by atoms with van der Waals surface area (Å²) in [7, 11) is 1.59. The molecule has 0 saturated carbocycles. The van der Waals surface area contributed by atoms with Gasteiger partial charge in [0.15, 0.2) is 0 Å². The van der Waals surface area contributed by atoms with Crippen LogP contribution in [0.3, 0.4) is 0 Å². The van der Waals surface area contributed by atoms with E-state index < -0.39 is 0 Å². The zero-order valence-corrected chi connectivity index (χ0v) is 7.68. The molecule has 0 spiro atoms. The molecule has 0 aromatic carbocycles. The van der Waals surface area contributed by atoms with Crippen molar-refractivity contribution < 1.29 is 9.63 Å². The zero-order chi connectivity index (χ0) is 8.85. The number of rotatable bonds is 4. The highest BCUT2D eigenvalue weighted by Crippen LogP contribution is 2.15. The van der Waals surface area contributed by atoms with Crippen LogP contribution in [0.1, 0.15) is 27.2 Å². The molecule has 0 radical (unpaired) electrons. The fourth-order valence-electron chi connectivity index (χ4n) is 1.09. The molecule has 0 fully saturated rings. The first-order chi connectivity index (χ1) is 5.13. The summed E-state index contributed by atoms with van der Waals surface area (Å²) in [5.41, 5.74) is 2.39. The highest BCUT2D eigenvalue weighted by Gasteiger charge is 2.21. The van der Waals surface area contributed by atoms with Crippen LogP contribution in [0.2, 0.25) is 0 Å². The summed E-state index contributed by atoms with van der Waals surface area (Å²) in [4.78, 5) is 15.8. The van der Waals surface area contributed by atoms with Crippen molar-refractivity contribution in [1.29, 1.82) is 0 Å². The summed E-state index contributed by atoms with van der Waals surface area (Å²) >= 11 is 0. The number of hydrogen-bond donors (Lipinski definition) is 1. The highest BCUT2D eigenvalue weighted by atomic mass is 16.7. The van der Waals surface area contributed by atoms with Gasteiger partial charge in [-0.2, -0.15) is 5.48 Å². The Morgan fingerprint density at radius 3 is 2.36 bits per heavy atom. The molecule has 0 heterocycles. The van der Waals surface area contributed by atoms with Gasteiger partial charge in [-0.25, -0.2) is 0 Å². The van der Waals surface area contributed by atoms with Crippen molar-refractivity contribution in [3.63, 3.8) is 0 Å². The van der Waals surface area contributed by atoms with E-state index in [4.69, 9.17) is 0 Å². The van der Waals surface area contributed by atoms with E-state index in [1.807, 2.05) is 20.8 Å². The van der Waals surface area contributed by atoms with Crippen LogP contribution in [-0.4, -0.2) is 13.0 Å².